The van der Waals surface area contributed by atoms with Crippen LogP contribution in [0.5, 0.6) is 0 Å². The number of imidazole rings is 1. The number of hydrogen-bond donors (Lipinski definition) is 1. The fourth-order valence-electron chi connectivity index (χ4n) is 0.969. The molecule has 1 amide bonds. The molecule has 0 bridgehead atoms. The molecule has 0 aliphatic rings. The lowest BCUT2D eigenvalue weighted by Gasteiger charge is -2.14. The van der Waals surface area contributed by atoms with E-state index >= 15 is 0 Å². The zero-order valence-corrected chi connectivity index (χ0v) is 8.21. The van der Waals surface area contributed by atoms with Crippen LogP contribution in [0.15, 0.2) is 12.4 Å². The number of rotatable bonds is 4. The number of nitrogens with one attached hydrogen (secondary N) is 1. The van der Waals surface area contributed by atoms with E-state index in [-0.39, 0.29) is 5.91 Å². The molecule has 4 nitrogen and oxygen atoms in total. The van der Waals surface area contributed by atoms with Crippen molar-refractivity contribution in [2.75, 3.05) is 12.9 Å². The van der Waals surface area contributed by atoms with Crippen LogP contribution < -0.4 is 0 Å². The van der Waals surface area contributed by atoms with Gasteiger partial charge in [-0.2, -0.15) is 0 Å². The Labute approximate surface area is 81.9 Å². The van der Waals surface area contributed by atoms with Crippen LogP contribution in [-0.4, -0.2) is 33.7 Å². The van der Waals surface area contributed by atoms with Gasteiger partial charge in [-0.05, 0) is 0 Å². The monoisotopic (exact) mass is 201 g/mol. The van der Waals surface area contributed by atoms with Crippen LogP contribution in [0.3, 0.4) is 0 Å². The number of carbonyl (C=O) groups excluding carboxylic acids is 1. The first kappa shape index (κ1) is 10.1. The first-order chi connectivity index (χ1) is 6.24. The van der Waals surface area contributed by atoms with Gasteiger partial charge in [0.1, 0.15) is 5.82 Å². The van der Waals surface area contributed by atoms with E-state index in [9.17, 15) is 4.79 Å². The number of carbonyl (C=O) groups is 1. The van der Waals surface area contributed by atoms with Crippen LogP contribution in [0.1, 0.15) is 12.2 Å². The molecule has 0 saturated carbocycles. The van der Waals surface area contributed by atoms with Crippen LogP contribution in [0.25, 0.3) is 0 Å². The summed E-state index contributed by atoms with van der Waals surface area (Å²) in [5.41, 5.74) is 0. The molecule has 1 N–H and O–H groups in total. The topological polar surface area (TPSA) is 49.0 Å². The highest BCUT2D eigenvalue weighted by Crippen LogP contribution is 1.98. The lowest BCUT2D eigenvalue weighted by molar-refractivity contribution is -0.130. The Morgan fingerprint density at radius 3 is 3.08 bits per heavy atom. The maximum atomic E-state index is 11.3. The molecule has 0 fully saturated rings. The Balaban J connectivity index is 2.41. The van der Waals surface area contributed by atoms with E-state index in [0.29, 0.717) is 18.8 Å². The minimum atomic E-state index is 0.0337. The summed E-state index contributed by atoms with van der Waals surface area (Å²) >= 11 is 5.45. The summed E-state index contributed by atoms with van der Waals surface area (Å²) in [6.07, 6.45) is 3.77. The highest BCUT2D eigenvalue weighted by molar-refractivity contribution is 6.18. The molecule has 0 radical (unpaired) electrons. The normalized spacial score (nSPS) is 10.0. The van der Waals surface area contributed by atoms with E-state index < -0.39 is 0 Å². The lowest BCUT2D eigenvalue weighted by atomic mass is 10.4. The first-order valence-electron chi connectivity index (χ1n) is 4.02. The molecule has 1 heterocycles. The van der Waals surface area contributed by atoms with Gasteiger partial charge in [0, 0.05) is 31.7 Å². The summed E-state index contributed by atoms with van der Waals surface area (Å²) in [5.74, 6) is 1.18. The average Bonchev–Trinajstić information content (AvgIpc) is 2.57. The molecule has 1 aromatic rings. The number of halogens is 1. The lowest BCUT2D eigenvalue weighted by Crippen LogP contribution is -2.26. The fourth-order valence-corrected chi connectivity index (χ4v) is 1.13. The highest BCUT2D eigenvalue weighted by atomic mass is 35.5. The summed E-state index contributed by atoms with van der Waals surface area (Å²) < 4.78 is 0. The Hall–Kier alpha value is -1.03. The highest BCUT2D eigenvalue weighted by Gasteiger charge is 2.08. The zero-order valence-electron chi connectivity index (χ0n) is 7.46. The van der Waals surface area contributed by atoms with Gasteiger partial charge in [-0.1, -0.05) is 0 Å². The molecule has 0 aliphatic carbocycles. The van der Waals surface area contributed by atoms with Gasteiger partial charge in [-0.3, -0.25) is 4.79 Å². The van der Waals surface area contributed by atoms with Gasteiger partial charge in [0.15, 0.2) is 0 Å². The smallest absolute Gasteiger partial charge is 0.223 e. The second kappa shape index (κ2) is 4.87. The van der Waals surface area contributed by atoms with Crippen molar-refractivity contribution in [1.29, 1.82) is 0 Å². The minimum Gasteiger partial charge on any atom is -0.347 e. The summed E-state index contributed by atoms with van der Waals surface area (Å²) in [6.45, 7) is 0.503. The quantitative estimate of drug-likeness (QED) is 0.739. The molecule has 0 aliphatic heterocycles. The van der Waals surface area contributed by atoms with E-state index in [2.05, 4.69) is 9.97 Å². The SMILES string of the molecule is CN(Cc1ncc[nH]1)C(=O)CCCl. The third-order valence-corrected chi connectivity index (χ3v) is 1.86. The second-order valence-corrected chi connectivity index (χ2v) is 3.10. The van der Waals surface area contributed by atoms with Gasteiger partial charge in [0.25, 0.3) is 0 Å². The van der Waals surface area contributed by atoms with Gasteiger partial charge in [0.2, 0.25) is 5.91 Å². The molecular formula is C8H12ClN3O. The predicted octanol–water partition coefficient (Wildman–Crippen LogP) is 0.997. The number of aromatic amines is 1. The van der Waals surface area contributed by atoms with Crippen molar-refractivity contribution in [3.63, 3.8) is 0 Å². The van der Waals surface area contributed by atoms with E-state index in [1.807, 2.05) is 0 Å². The molecule has 1 rings (SSSR count). The molecular weight excluding hydrogens is 190 g/mol. The second-order valence-electron chi connectivity index (χ2n) is 2.72. The van der Waals surface area contributed by atoms with Gasteiger partial charge in [0.05, 0.1) is 6.54 Å². The van der Waals surface area contributed by atoms with Crippen LogP contribution in [0, 0.1) is 0 Å². The number of nitrogens with zero attached hydrogens (tertiary/aromatic N) is 2. The third kappa shape index (κ3) is 3.06. The Morgan fingerprint density at radius 2 is 2.54 bits per heavy atom. The van der Waals surface area contributed by atoms with Crippen LogP contribution in [0.2, 0.25) is 0 Å². The molecule has 5 heteroatoms. The van der Waals surface area contributed by atoms with Gasteiger partial charge in [-0.15, -0.1) is 11.6 Å². The van der Waals surface area contributed by atoms with Crippen molar-refractivity contribution in [3.8, 4) is 0 Å². The van der Waals surface area contributed by atoms with Crippen molar-refractivity contribution in [3.05, 3.63) is 18.2 Å². The molecule has 0 unspecified atom stereocenters. The van der Waals surface area contributed by atoms with Gasteiger partial charge < -0.3 is 9.88 Å². The van der Waals surface area contributed by atoms with Crippen molar-refractivity contribution in [2.24, 2.45) is 0 Å². The zero-order chi connectivity index (χ0) is 9.68. The Morgan fingerprint density at radius 1 is 1.77 bits per heavy atom. The maximum Gasteiger partial charge on any atom is 0.223 e. The van der Waals surface area contributed by atoms with Gasteiger partial charge in [-0.25, -0.2) is 4.98 Å². The Bertz CT molecular complexity index is 260. The largest absolute Gasteiger partial charge is 0.347 e. The standard InChI is InChI=1S/C8H12ClN3O/c1-12(8(13)2-3-9)6-7-10-4-5-11-7/h4-5H,2-3,6H2,1H3,(H,10,11). The van der Waals surface area contributed by atoms with E-state index in [1.165, 1.54) is 0 Å². The van der Waals surface area contributed by atoms with Crippen LogP contribution in [0.4, 0.5) is 0 Å². The minimum absolute atomic E-state index is 0.0337. The summed E-state index contributed by atoms with van der Waals surface area (Å²) in [7, 11) is 1.73. The summed E-state index contributed by atoms with van der Waals surface area (Å²) in [5, 5.41) is 0. The molecule has 0 aromatic carbocycles. The van der Waals surface area contributed by atoms with Crippen LogP contribution in [-0.2, 0) is 11.3 Å². The Kier molecular flexibility index (Phi) is 3.76. The molecule has 72 valence electrons. The van der Waals surface area contributed by atoms with Gasteiger partial charge >= 0.3 is 0 Å². The van der Waals surface area contributed by atoms with E-state index in [4.69, 9.17) is 11.6 Å². The van der Waals surface area contributed by atoms with Crippen molar-refractivity contribution in [1.82, 2.24) is 14.9 Å². The number of H-pyrrole nitrogens is 1. The first-order valence-corrected chi connectivity index (χ1v) is 4.55. The summed E-state index contributed by atoms with van der Waals surface area (Å²) in [6, 6.07) is 0. The maximum absolute atomic E-state index is 11.3. The van der Waals surface area contributed by atoms with Crippen molar-refractivity contribution in [2.45, 2.75) is 13.0 Å². The van der Waals surface area contributed by atoms with E-state index in [0.717, 1.165) is 5.82 Å². The van der Waals surface area contributed by atoms with Crippen molar-refractivity contribution < 1.29 is 4.79 Å². The third-order valence-electron chi connectivity index (χ3n) is 1.68. The van der Waals surface area contributed by atoms with Crippen LogP contribution >= 0.6 is 11.6 Å². The molecule has 0 saturated heterocycles. The fraction of sp³-hybridized carbons (Fsp3) is 0.500. The number of aromatic nitrogens is 2. The number of amides is 1. The molecule has 0 spiro atoms. The predicted molar refractivity (Wildman–Crippen MR) is 50.4 cm³/mol. The molecule has 0 atom stereocenters. The molecule has 1 aromatic heterocycles. The summed E-state index contributed by atoms with van der Waals surface area (Å²) in [4.78, 5) is 19.8. The number of alkyl halides is 1. The average molecular weight is 202 g/mol. The molecule has 13 heavy (non-hydrogen) atoms. The van der Waals surface area contributed by atoms with Crippen molar-refractivity contribution >= 4 is 17.5 Å². The van der Waals surface area contributed by atoms with E-state index in [1.54, 1.807) is 24.3 Å². The number of hydrogen-bond acceptors (Lipinski definition) is 2.